The van der Waals surface area contributed by atoms with Crippen molar-refractivity contribution in [1.82, 2.24) is 14.5 Å². The zero-order valence-electron chi connectivity index (χ0n) is 17.2. The third-order valence-electron chi connectivity index (χ3n) is 6.16. The molecule has 0 radical (unpaired) electrons. The molecule has 2 aliphatic rings. The first-order valence-corrected chi connectivity index (χ1v) is 10.6. The Morgan fingerprint density at radius 1 is 1.14 bits per heavy atom. The minimum Gasteiger partial charge on any atom is -0.382 e. The van der Waals surface area contributed by atoms with E-state index >= 15 is 0 Å². The summed E-state index contributed by atoms with van der Waals surface area (Å²) >= 11 is 0. The minimum absolute atomic E-state index is 0.00288. The predicted molar refractivity (Wildman–Crippen MR) is 114 cm³/mol. The molecule has 1 aromatic carbocycles. The van der Waals surface area contributed by atoms with Crippen LogP contribution in [0.15, 0.2) is 36.7 Å². The maximum absolute atomic E-state index is 12.7. The van der Waals surface area contributed by atoms with Crippen molar-refractivity contribution < 1.29 is 9.90 Å². The second kappa shape index (κ2) is 8.55. The molecule has 0 bridgehead atoms. The Balaban J connectivity index is 1.34. The summed E-state index contributed by atoms with van der Waals surface area (Å²) in [4.78, 5) is 21.5. The third-order valence-corrected chi connectivity index (χ3v) is 6.16. The van der Waals surface area contributed by atoms with E-state index in [1.165, 1.54) is 19.3 Å². The summed E-state index contributed by atoms with van der Waals surface area (Å²) in [5.41, 5.74) is 1.09. The molecular formula is C22H31N5O2. The molecule has 4 rings (SSSR count). The molecule has 0 spiro atoms. The zero-order valence-corrected chi connectivity index (χ0v) is 17.2. The van der Waals surface area contributed by atoms with E-state index in [0.29, 0.717) is 38.3 Å². The number of carbonyl (C=O) groups is 1. The number of likely N-dealkylation sites (tertiary alicyclic amines) is 1. The number of rotatable bonds is 5. The molecule has 0 aliphatic carbocycles. The smallest absolute Gasteiger partial charge is 0.238 e. The van der Waals surface area contributed by atoms with E-state index in [2.05, 4.69) is 26.2 Å². The number of anilines is 2. The van der Waals surface area contributed by atoms with Gasteiger partial charge in [0.05, 0.1) is 17.9 Å². The van der Waals surface area contributed by atoms with Gasteiger partial charge in [-0.3, -0.25) is 9.69 Å². The van der Waals surface area contributed by atoms with Crippen LogP contribution in [-0.2, 0) is 17.4 Å². The average Bonchev–Trinajstić information content (AvgIpc) is 3.18. The van der Waals surface area contributed by atoms with Crippen molar-refractivity contribution in [1.29, 1.82) is 0 Å². The fourth-order valence-corrected chi connectivity index (χ4v) is 4.50. The quantitative estimate of drug-likeness (QED) is 0.810. The van der Waals surface area contributed by atoms with Crippen LogP contribution in [0.5, 0.6) is 0 Å². The largest absolute Gasteiger partial charge is 0.382 e. The first-order valence-electron chi connectivity index (χ1n) is 10.6. The highest BCUT2D eigenvalue weighted by Crippen LogP contribution is 2.32. The average molecular weight is 398 g/mol. The lowest BCUT2D eigenvalue weighted by Crippen LogP contribution is -2.46. The second-order valence-corrected chi connectivity index (χ2v) is 8.28. The number of imidazole rings is 1. The van der Waals surface area contributed by atoms with E-state index in [0.717, 1.165) is 24.5 Å². The van der Waals surface area contributed by atoms with Gasteiger partial charge >= 0.3 is 0 Å². The number of nitrogens with one attached hydrogen (secondary N) is 1. The standard InChI is InChI=1S/C22H31N5O2/c1-25-16-11-23-21(25)22(29)9-14-26(15-10-22)17-20(28)24-18-7-3-4-8-19(18)27-12-5-2-6-13-27/h3-4,7-8,11,16,29H,2,5-6,9-10,12-15,17H2,1H3,(H,24,28). The number of aromatic nitrogens is 2. The van der Waals surface area contributed by atoms with Crippen LogP contribution in [0.4, 0.5) is 11.4 Å². The highest BCUT2D eigenvalue weighted by Gasteiger charge is 2.37. The van der Waals surface area contributed by atoms with Gasteiger partial charge in [0.2, 0.25) is 5.91 Å². The second-order valence-electron chi connectivity index (χ2n) is 8.28. The summed E-state index contributed by atoms with van der Waals surface area (Å²) in [5.74, 6) is 0.703. The van der Waals surface area contributed by atoms with Gasteiger partial charge in [0.1, 0.15) is 11.4 Å². The first-order chi connectivity index (χ1) is 14.0. The molecule has 156 valence electrons. The number of hydrogen-bond donors (Lipinski definition) is 2. The number of nitrogens with zero attached hydrogens (tertiary/aromatic N) is 4. The van der Waals surface area contributed by atoms with Crippen molar-refractivity contribution in [2.75, 3.05) is 42.9 Å². The van der Waals surface area contributed by atoms with E-state index in [1.807, 2.05) is 36.0 Å². The molecule has 1 amide bonds. The number of amides is 1. The number of hydrogen-bond acceptors (Lipinski definition) is 5. The van der Waals surface area contributed by atoms with Crippen LogP contribution in [0.2, 0.25) is 0 Å². The van der Waals surface area contributed by atoms with Crippen molar-refractivity contribution in [2.24, 2.45) is 7.05 Å². The molecule has 2 fully saturated rings. The van der Waals surface area contributed by atoms with E-state index in [1.54, 1.807) is 6.20 Å². The van der Waals surface area contributed by atoms with Crippen LogP contribution in [0.3, 0.4) is 0 Å². The van der Waals surface area contributed by atoms with Crippen molar-refractivity contribution in [3.63, 3.8) is 0 Å². The van der Waals surface area contributed by atoms with Crippen LogP contribution < -0.4 is 10.2 Å². The normalized spacial score (nSPS) is 19.9. The van der Waals surface area contributed by atoms with Crippen molar-refractivity contribution in [3.05, 3.63) is 42.5 Å². The Kier molecular flexibility index (Phi) is 5.87. The molecular weight excluding hydrogens is 366 g/mol. The van der Waals surface area contributed by atoms with E-state index < -0.39 is 5.60 Å². The van der Waals surface area contributed by atoms with Crippen molar-refractivity contribution in [3.8, 4) is 0 Å². The number of benzene rings is 1. The SMILES string of the molecule is Cn1ccnc1C1(O)CCN(CC(=O)Nc2ccccc2N2CCCCC2)CC1. The first kappa shape index (κ1) is 19.9. The molecule has 0 unspecified atom stereocenters. The Bertz CT molecular complexity index is 835. The van der Waals surface area contributed by atoms with Crippen LogP contribution in [0.25, 0.3) is 0 Å². The van der Waals surface area contributed by atoms with Gasteiger partial charge in [-0.25, -0.2) is 4.98 Å². The van der Waals surface area contributed by atoms with Crippen LogP contribution >= 0.6 is 0 Å². The Hall–Kier alpha value is -2.38. The van der Waals surface area contributed by atoms with E-state index in [9.17, 15) is 9.90 Å². The molecule has 2 N–H and O–H groups in total. The summed E-state index contributed by atoms with van der Waals surface area (Å²) in [6.45, 7) is 3.77. The van der Waals surface area contributed by atoms with Gasteiger partial charge in [0.25, 0.3) is 0 Å². The third kappa shape index (κ3) is 4.46. The monoisotopic (exact) mass is 397 g/mol. The topological polar surface area (TPSA) is 73.6 Å². The highest BCUT2D eigenvalue weighted by atomic mass is 16.3. The molecule has 3 heterocycles. The Morgan fingerprint density at radius 3 is 2.55 bits per heavy atom. The lowest BCUT2D eigenvalue weighted by Gasteiger charge is -2.37. The lowest BCUT2D eigenvalue weighted by atomic mass is 9.90. The Labute approximate surface area is 172 Å². The molecule has 0 atom stereocenters. The maximum atomic E-state index is 12.7. The van der Waals surface area contributed by atoms with E-state index in [4.69, 9.17) is 0 Å². The van der Waals surface area contributed by atoms with Gasteiger partial charge in [-0.15, -0.1) is 0 Å². The molecule has 2 aliphatic heterocycles. The molecule has 29 heavy (non-hydrogen) atoms. The lowest BCUT2D eigenvalue weighted by molar-refractivity contribution is -0.118. The number of piperidine rings is 2. The fraction of sp³-hybridized carbons (Fsp3) is 0.545. The predicted octanol–water partition coefficient (Wildman–Crippen LogP) is 2.33. The fourth-order valence-electron chi connectivity index (χ4n) is 4.50. The molecule has 7 heteroatoms. The minimum atomic E-state index is -0.911. The Morgan fingerprint density at radius 2 is 1.86 bits per heavy atom. The summed E-state index contributed by atoms with van der Waals surface area (Å²) in [6.07, 6.45) is 8.42. The number of para-hydroxylation sites is 2. The van der Waals surface area contributed by atoms with Gasteiger partial charge in [-0.05, 0) is 44.2 Å². The van der Waals surface area contributed by atoms with Crippen LogP contribution in [-0.4, -0.2) is 58.2 Å². The summed E-state index contributed by atoms with van der Waals surface area (Å²) in [5, 5.41) is 14.1. The van der Waals surface area contributed by atoms with Gasteiger partial charge in [-0.2, -0.15) is 0 Å². The summed E-state index contributed by atoms with van der Waals surface area (Å²) in [7, 11) is 1.90. The number of carbonyl (C=O) groups excluding carboxylic acids is 1. The number of aryl methyl sites for hydroxylation is 1. The zero-order chi connectivity index (χ0) is 20.3. The molecule has 1 aromatic heterocycles. The summed E-state index contributed by atoms with van der Waals surface area (Å²) in [6, 6.07) is 8.08. The molecule has 2 aromatic rings. The van der Waals surface area contributed by atoms with E-state index in [-0.39, 0.29) is 5.91 Å². The molecule has 0 saturated carbocycles. The molecule has 2 saturated heterocycles. The number of aliphatic hydroxyl groups is 1. The highest BCUT2D eigenvalue weighted by molar-refractivity contribution is 5.95. The van der Waals surface area contributed by atoms with Gasteiger partial charge in [-0.1, -0.05) is 12.1 Å². The summed E-state index contributed by atoms with van der Waals surface area (Å²) < 4.78 is 1.87. The van der Waals surface area contributed by atoms with Crippen LogP contribution in [0.1, 0.15) is 37.9 Å². The van der Waals surface area contributed by atoms with Gasteiger partial charge in [0, 0.05) is 45.6 Å². The van der Waals surface area contributed by atoms with Gasteiger partial charge < -0.3 is 19.9 Å². The molecule has 7 nitrogen and oxygen atoms in total. The van der Waals surface area contributed by atoms with Crippen molar-refractivity contribution >= 4 is 17.3 Å². The van der Waals surface area contributed by atoms with Gasteiger partial charge in [0.15, 0.2) is 0 Å². The van der Waals surface area contributed by atoms with Crippen LogP contribution in [0, 0.1) is 0 Å². The van der Waals surface area contributed by atoms with Crippen molar-refractivity contribution in [2.45, 2.75) is 37.7 Å². The maximum Gasteiger partial charge on any atom is 0.238 e.